The van der Waals surface area contributed by atoms with E-state index in [1.165, 1.54) is 12.1 Å². The molecule has 1 aliphatic heterocycles. The Kier molecular flexibility index (Phi) is 4.50. The third kappa shape index (κ3) is 3.11. The molecule has 4 nitrogen and oxygen atoms in total. The van der Waals surface area contributed by atoms with Gasteiger partial charge in [-0.1, -0.05) is 5.16 Å². The molecule has 1 aromatic heterocycles. The van der Waals surface area contributed by atoms with E-state index in [9.17, 15) is 4.39 Å². The fraction of sp³-hybridized carbons (Fsp3) is 0.385. The predicted octanol–water partition coefficient (Wildman–Crippen LogP) is 2.76. The molecule has 0 aliphatic carbocycles. The number of nitrogens with zero attached hydrogens (tertiary/aromatic N) is 2. The Bertz CT molecular complexity index is 523. The fourth-order valence-corrected chi connectivity index (χ4v) is 2.18. The molecule has 1 aliphatic rings. The highest BCUT2D eigenvalue weighted by Crippen LogP contribution is 2.24. The lowest BCUT2D eigenvalue weighted by Gasteiger charge is -2.19. The van der Waals surface area contributed by atoms with Crippen molar-refractivity contribution < 1.29 is 8.91 Å². The molecule has 102 valence electrons. The van der Waals surface area contributed by atoms with Gasteiger partial charge in [-0.25, -0.2) is 4.39 Å². The van der Waals surface area contributed by atoms with Crippen molar-refractivity contribution in [1.82, 2.24) is 15.5 Å². The molecular formula is C13H15ClFN3O. The molecule has 1 N–H and O–H groups in total. The van der Waals surface area contributed by atoms with Crippen LogP contribution in [0, 0.1) is 5.82 Å². The Hall–Kier alpha value is -1.46. The van der Waals surface area contributed by atoms with Crippen molar-refractivity contribution in [2.75, 3.05) is 13.1 Å². The van der Waals surface area contributed by atoms with Crippen molar-refractivity contribution in [3.8, 4) is 11.5 Å². The van der Waals surface area contributed by atoms with Gasteiger partial charge in [0, 0.05) is 18.0 Å². The number of aromatic nitrogens is 2. The third-order valence-electron chi connectivity index (χ3n) is 3.19. The maximum Gasteiger partial charge on any atom is 0.257 e. The smallest absolute Gasteiger partial charge is 0.257 e. The number of hydrogen-bond donors (Lipinski definition) is 1. The van der Waals surface area contributed by atoms with Crippen LogP contribution in [0.4, 0.5) is 4.39 Å². The molecule has 0 radical (unpaired) electrons. The molecule has 1 unspecified atom stereocenters. The van der Waals surface area contributed by atoms with Crippen molar-refractivity contribution in [3.05, 3.63) is 35.9 Å². The van der Waals surface area contributed by atoms with Crippen molar-refractivity contribution in [3.63, 3.8) is 0 Å². The molecule has 3 rings (SSSR count). The Morgan fingerprint density at radius 1 is 1.26 bits per heavy atom. The van der Waals surface area contributed by atoms with Crippen molar-refractivity contribution in [2.24, 2.45) is 0 Å². The molecule has 0 amide bonds. The summed E-state index contributed by atoms with van der Waals surface area (Å²) in [5.41, 5.74) is 0.749. The minimum Gasteiger partial charge on any atom is -0.334 e. The molecule has 1 atom stereocenters. The molecule has 2 aromatic rings. The van der Waals surface area contributed by atoms with E-state index >= 15 is 0 Å². The number of piperidine rings is 1. The molecule has 1 aromatic carbocycles. The summed E-state index contributed by atoms with van der Waals surface area (Å²) in [6, 6.07) is 6.07. The molecule has 0 saturated carbocycles. The summed E-state index contributed by atoms with van der Waals surface area (Å²) in [7, 11) is 0. The van der Waals surface area contributed by atoms with Crippen molar-refractivity contribution >= 4 is 12.4 Å². The van der Waals surface area contributed by atoms with Gasteiger partial charge >= 0.3 is 0 Å². The topological polar surface area (TPSA) is 51.0 Å². The molecule has 0 spiro atoms. The molecule has 1 fully saturated rings. The third-order valence-corrected chi connectivity index (χ3v) is 3.19. The Labute approximate surface area is 116 Å². The average Bonchev–Trinajstić information content (AvgIpc) is 2.90. The first-order valence-electron chi connectivity index (χ1n) is 6.13. The standard InChI is InChI=1S/C13H14FN3O.ClH/c14-11-5-3-9(4-6-11)13-16-12(17-18-13)10-2-1-7-15-8-10;/h3-6,10,15H,1-2,7-8H2;1H. The van der Waals surface area contributed by atoms with Gasteiger partial charge in [-0.15, -0.1) is 12.4 Å². The summed E-state index contributed by atoms with van der Waals surface area (Å²) in [5, 5.41) is 7.34. The minimum absolute atomic E-state index is 0. The molecular weight excluding hydrogens is 269 g/mol. The fourth-order valence-electron chi connectivity index (χ4n) is 2.18. The first-order valence-corrected chi connectivity index (χ1v) is 6.13. The molecule has 0 bridgehead atoms. The average molecular weight is 284 g/mol. The summed E-state index contributed by atoms with van der Waals surface area (Å²) in [5.74, 6) is 1.24. The monoisotopic (exact) mass is 283 g/mol. The summed E-state index contributed by atoms with van der Waals surface area (Å²) in [6.45, 7) is 1.95. The summed E-state index contributed by atoms with van der Waals surface area (Å²) in [6.07, 6.45) is 2.21. The summed E-state index contributed by atoms with van der Waals surface area (Å²) >= 11 is 0. The van der Waals surface area contributed by atoms with E-state index in [-0.39, 0.29) is 18.2 Å². The Balaban J connectivity index is 0.00000133. The zero-order valence-corrected chi connectivity index (χ0v) is 11.1. The van der Waals surface area contributed by atoms with E-state index < -0.39 is 0 Å². The lowest BCUT2D eigenvalue weighted by atomic mass is 9.99. The molecule has 6 heteroatoms. The molecule has 19 heavy (non-hydrogen) atoms. The van der Waals surface area contributed by atoms with Crippen LogP contribution in [0.5, 0.6) is 0 Å². The van der Waals surface area contributed by atoms with Crippen LogP contribution >= 0.6 is 12.4 Å². The van der Waals surface area contributed by atoms with Gasteiger partial charge in [-0.2, -0.15) is 4.98 Å². The van der Waals surface area contributed by atoms with Crippen LogP contribution in [0.25, 0.3) is 11.5 Å². The van der Waals surface area contributed by atoms with Gasteiger partial charge in [0.25, 0.3) is 5.89 Å². The molecule has 2 heterocycles. The van der Waals surface area contributed by atoms with Crippen LogP contribution in [0.1, 0.15) is 24.6 Å². The van der Waals surface area contributed by atoms with Gasteiger partial charge in [-0.3, -0.25) is 0 Å². The van der Waals surface area contributed by atoms with Crippen molar-refractivity contribution in [2.45, 2.75) is 18.8 Å². The second kappa shape index (κ2) is 6.12. The van der Waals surface area contributed by atoms with Gasteiger partial charge in [-0.05, 0) is 43.7 Å². The summed E-state index contributed by atoms with van der Waals surface area (Å²) in [4.78, 5) is 4.39. The second-order valence-corrected chi connectivity index (χ2v) is 4.51. The maximum absolute atomic E-state index is 12.8. The highest BCUT2D eigenvalue weighted by atomic mass is 35.5. The van der Waals surface area contributed by atoms with Gasteiger partial charge in [0.2, 0.25) is 0 Å². The first-order chi connectivity index (χ1) is 8.83. The number of hydrogen-bond acceptors (Lipinski definition) is 4. The van der Waals surface area contributed by atoms with Gasteiger partial charge in [0.1, 0.15) is 5.82 Å². The van der Waals surface area contributed by atoms with E-state index in [2.05, 4.69) is 15.5 Å². The van der Waals surface area contributed by atoms with Crippen LogP contribution < -0.4 is 5.32 Å². The predicted molar refractivity (Wildman–Crippen MR) is 71.8 cm³/mol. The molecule has 1 saturated heterocycles. The number of benzene rings is 1. The summed E-state index contributed by atoms with van der Waals surface area (Å²) < 4.78 is 18.1. The Morgan fingerprint density at radius 3 is 2.74 bits per heavy atom. The van der Waals surface area contributed by atoms with Crippen LogP contribution in [-0.4, -0.2) is 23.2 Å². The number of halogens is 2. The second-order valence-electron chi connectivity index (χ2n) is 4.51. The van der Waals surface area contributed by atoms with E-state index in [0.717, 1.165) is 37.3 Å². The normalized spacial score (nSPS) is 18.9. The van der Waals surface area contributed by atoms with Gasteiger partial charge in [0.15, 0.2) is 5.82 Å². The zero-order chi connectivity index (χ0) is 12.4. The highest BCUT2D eigenvalue weighted by molar-refractivity contribution is 5.85. The number of rotatable bonds is 2. The first kappa shape index (κ1) is 14.0. The van der Waals surface area contributed by atoms with Gasteiger partial charge < -0.3 is 9.84 Å². The number of nitrogens with one attached hydrogen (secondary N) is 1. The van der Waals surface area contributed by atoms with Gasteiger partial charge in [0.05, 0.1) is 0 Å². The SMILES string of the molecule is Cl.Fc1ccc(-c2nc(C3CCCNC3)no2)cc1. The minimum atomic E-state index is -0.269. The van der Waals surface area contributed by atoms with Crippen LogP contribution in [-0.2, 0) is 0 Å². The lowest BCUT2D eigenvalue weighted by molar-refractivity contribution is 0.393. The maximum atomic E-state index is 12.8. The van der Waals surface area contributed by atoms with E-state index in [4.69, 9.17) is 4.52 Å². The van der Waals surface area contributed by atoms with Crippen LogP contribution in [0.3, 0.4) is 0 Å². The van der Waals surface area contributed by atoms with E-state index in [1.54, 1.807) is 12.1 Å². The lowest BCUT2D eigenvalue weighted by Crippen LogP contribution is -2.28. The van der Waals surface area contributed by atoms with Crippen LogP contribution in [0.2, 0.25) is 0 Å². The van der Waals surface area contributed by atoms with Crippen LogP contribution in [0.15, 0.2) is 28.8 Å². The highest BCUT2D eigenvalue weighted by Gasteiger charge is 2.21. The van der Waals surface area contributed by atoms with E-state index in [1.807, 2.05) is 0 Å². The van der Waals surface area contributed by atoms with E-state index in [0.29, 0.717) is 11.8 Å². The largest absolute Gasteiger partial charge is 0.334 e. The van der Waals surface area contributed by atoms with Crippen molar-refractivity contribution in [1.29, 1.82) is 0 Å². The Morgan fingerprint density at radius 2 is 2.05 bits per heavy atom. The quantitative estimate of drug-likeness (QED) is 0.921. The zero-order valence-electron chi connectivity index (χ0n) is 10.3.